The number of fused-ring (bicyclic) bond motifs is 1. The summed E-state index contributed by atoms with van der Waals surface area (Å²) in [5.41, 5.74) is 6.33. The van der Waals surface area contributed by atoms with Crippen molar-refractivity contribution in [2.24, 2.45) is 0 Å². The molecule has 0 saturated heterocycles. The third-order valence-corrected chi connectivity index (χ3v) is 3.69. The fourth-order valence-corrected chi connectivity index (χ4v) is 2.71. The van der Waals surface area contributed by atoms with Gasteiger partial charge in [-0.1, -0.05) is 26.8 Å². The maximum atomic E-state index is 4.86. The fourth-order valence-electron chi connectivity index (χ4n) is 2.71. The van der Waals surface area contributed by atoms with Crippen molar-refractivity contribution in [3.8, 4) is 0 Å². The highest BCUT2D eigenvalue weighted by Crippen LogP contribution is 2.26. The minimum atomic E-state index is 0.463. The summed E-state index contributed by atoms with van der Waals surface area (Å²) < 4.78 is 0. The number of aryl methyl sites for hydroxylation is 2. The van der Waals surface area contributed by atoms with Crippen molar-refractivity contribution in [2.45, 2.75) is 53.5 Å². The van der Waals surface area contributed by atoms with Crippen LogP contribution in [0.2, 0.25) is 0 Å². The van der Waals surface area contributed by atoms with E-state index in [1.54, 1.807) is 0 Å². The second-order valence-corrected chi connectivity index (χ2v) is 6.01. The van der Waals surface area contributed by atoms with Crippen molar-refractivity contribution in [1.82, 2.24) is 10.3 Å². The Labute approximate surface area is 122 Å². The number of hydrogen-bond acceptors (Lipinski definition) is 2. The quantitative estimate of drug-likeness (QED) is 0.811. The first kappa shape index (κ1) is 15.0. The number of aromatic nitrogens is 1. The van der Waals surface area contributed by atoms with E-state index in [4.69, 9.17) is 4.98 Å². The molecule has 0 atom stereocenters. The highest BCUT2D eigenvalue weighted by Gasteiger charge is 2.10. The van der Waals surface area contributed by atoms with Gasteiger partial charge in [-0.3, -0.25) is 4.98 Å². The van der Waals surface area contributed by atoms with Gasteiger partial charge in [0.25, 0.3) is 0 Å². The first-order valence-corrected chi connectivity index (χ1v) is 7.64. The first-order valence-electron chi connectivity index (χ1n) is 7.64. The molecule has 0 amide bonds. The van der Waals surface area contributed by atoms with E-state index in [-0.39, 0.29) is 0 Å². The van der Waals surface area contributed by atoms with Gasteiger partial charge in [0.05, 0.1) is 5.52 Å². The second kappa shape index (κ2) is 6.36. The van der Waals surface area contributed by atoms with Crippen LogP contribution in [0, 0.1) is 13.8 Å². The molecule has 2 aromatic rings. The highest BCUT2D eigenvalue weighted by atomic mass is 14.8. The van der Waals surface area contributed by atoms with Crippen LogP contribution in [0.1, 0.15) is 55.5 Å². The molecule has 0 aliphatic heterocycles. The van der Waals surface area contributed by atoms with Crippen molar-refractivity contribution < 1.29 is 0 Å². The van der Waals surface area contributed by atoms with Crippen LogP contribution in [0.15, 0.2) is 18.2 Å². The van der Waals surface area contributed by atoms with Crippen molar-refractivity contribution in [3.05, 3.63) is 40.6 Å². The Bertz CT molecular complexity index is 600. The number of hydrogen-bond donors (Lipinski definition) is 1. The number of pyridine rings is 1. The molecule has 1 aromatic carbocycles. The molecule has 0 radical (unpaired) electrons. The van der Waals surface area contributed by atoms with Gasteiger partial charge >= 0.3 is 0 Å². The summed E-state index contributed by atoms with van der Waals surface area (Å²) in [5, 5.41) is 4.85. The van der Waals surface area contributed by atoms with Crippen LogP contribution in [0.4, 0.5) is 0 Å². The Balaban J connectivity index is 2.56. The SMILES string of the molecule is CCCNCc1cc(C(C)C)nc2cc(C)cc(C)c12. The molecular weight excluding hydrogens is 244 g/mol. The van der Waals surface area contributed by atoms with Crippen LogP contribution >= 0.6 is 0 Å². The van der Waals surface area contributed by atoms with Gasteiger partial charge in [0.2, 0.25) is 0 Å². The zero-order chi connectivity index (χ0) is 14.7. The lowest BCUT2D eigenvalue weighted by Gasteiger charge is -2.15. The normalized spacial score (nSPS) is 11.5. The van der Waals surface area contributed by atoms with E-state index in [1.807, 2.05) is 0 Å². The van der Waals surface area contributed by atoms with Crippen molar-refractivity contribution in [3.63, 3.8) is 0 Å². The van der Waals surface area contributed by atoms with Crippen LogP contribution in [-0.2, 0) is 6.54 Å². The lowest BCUT2D eigenvalue weighted by atomic mass is 9.98. The highest BCUT2D eigenvalue weighted by molar-refractivity contribution is 5.86. The zero-order valence-corrected chi connectivity index (χ0v) is 13.4. The minimum Gasteiger partial charge on any atom is -0.313 e. The van der Waals surface area contributed by atoms with Crippen LogP contribution in [0.5, 0.6) is 0 Å². The molecule has 20 heavy (non-hydrogen) atoms. The molecule has 0 bridgehead atoms. The van der Waals surface area contributed by atoms with E-state index >= 15 is 0 Å². The average Bonchev–Trinajstić information content (AvgIpc) is 2.37. The molecule has 0 aliphatic carbocycles. The summed E-state index contributed by atoms with van der Waals surface area (Å²) >= 11 is 0. The number of nitrogens with zero attached hydrogens (tertiary/aromatic N) is 1. The van der Waals surface area contributed by atoms with Gasteiger partial charge < -0.3 is 5.32 Å². The van der Waals surface area contributed by atoms with Crippen molar-refractivity contribution in [2.75, 3.05) is 6.54 Å². The van der Waals surface area contributed by atoms with E-state index in [1.165, 1.54) is 27.8 Å². The van der Waals surface area contributed by atoms with Gasteiger partial charge in [0.1, 0.15) is 0 Å². The molecule has 1 aromatic heterocycles. The molecule has 0 unspecified atom stereocenters. The molecule has 0 aliphatic rings. The van der Waals surface area contributed by atoms with Crippen molar-refractivity contribution >= 4 is 10.9 Å². The minimum absolute atomic E-state index is 0.463. The predicted molar refractivity (Wildman–Crippen MR) is 87.3 cm³/mol. The summed E-state index contributed by atoms with van der Waals surface area (Å²) in [6.45, 7) is 12.9. The predicted octanol–water partition coefficient (Wildman–Crippen LogP) is 4.47. The molecule has 0 spiro atoms. The molecule has 2 nitrogen and oxygen atoms in total. The number of rotatable bonds is 5. The first-order chi connectivity index (χ1) is 9.52. The van der Waals surface area contributed by atoms with Crippen LogP contribution in [0.3, 0.4) is 0 Å². The van der Waals surface area contributed by atoms with E-state index < -0.39 is 0 Å². The Morgan fingerprint density at radius 2 is 1.90 bits per heavy atom. The maximum absolute atomic E-state index is 4.86. The monoisotopic (exact) mass is 270 g/mol. The average molecular weight is 270 g/mol. The number of benzene rings is 1. The Morgan fingerprint density at radius 1 is 1.15 bits per heavy atom. The summed E-state index contributed by atoms with van der Waals surface area (Å²) in [6, 6.07) is 6.73. The fraction of sp³-hybridized carbons (Fsp3) is 0.500. The summed E-state index contributed by atoms with van der Waals surface area (Å²) in [4.78, 5) is 4.86. The second-order valence-electron chi connectivity index (χ2n) is 6.01. The third-order valence-electron chi connectivity index (χ3n) is 3.69. The van der Waals surface area contributed by atoms with Gasteiger partial charge in [-0.05, 0) is 61.6 Å². The Hall–Kier alpha value is -1.41. The molecule has 2 rings (SSSR count). The van der Waals surface area contributed by atoms with Gasteiger partial charge in [0.15, 0.2) is 0 Å². The summed E-state index contributed by atoms with van der Waals surface area (Å²) in [6.07, 6.45) is 1.16. The zero-order valence-electron chi connectivity index (χ0n) is 13.4. The molecule has 2 heteroatoms. The van der Waals surface area contributed by atoms with Crippen LogP contribution in [-0.4, -0.2) is 11.5 Å². The summed E-state index contributed by atoms with van der Waals surface area (Å²) in [7, 11) is 0. The van der Waals surface area contributed by atoms with Crippen molar-refractivity contribution in [1.29, 1.82) is 0 Å². The third kappa shape index (κ3) is 3.18. The Kier molecular flexibility index (Phi) is 4.77. The maximum Gasteiger partial charge on any atom is 0.0713 e. The van der Waals surface area contributed by atoms with Crippen LogP contribution in [0.25, 0.3) is 10.9 Å². The lowest BCUT2D eigenvalue weighted by Crippen LogP contribution is -2.15. The molecule has 1 N–H and O–H groups in total. The van der Waals surface area contributed by atoms with E-state index in [2.05, 4.69) is 58.1 Å². The summed E-state index contributed by atoms with van der Waals surface area (Å²) in [5.74, 6) is 0.463. The van der Waals surface area contributed by atoms with Gasteiger partial charge in [-0.15, -0.1) is 0 Å². The van der Waals surface area contributed by atoms with E-state index in [0.717, 1.165) is 25.0 Å². The largest absolute Gasteiger partial charge is 0.313 e. The molecule has 0 saturated carbocycles. The van der Waals surface area contributed by atoms with E-state index in [9.17, 15) is 0 Å². The molecule has 0 fully saturated rings. The topological polar surface area (TPSA) is 24.9 Å². The Morgan fingerprint density at radius 3 is 2.55 bits per heavy atom. The van der Waals surface area contributed by atoms with Gasteiger partial charge in [0, 0.05) is 17.6 Å². The van der Waals surface area contributed by atoms with Gasteiger partial charge in [-0.2, -0.15) is 0 Å². The lowest BCUT2D eigenvalue weighted by molar-refractivity contribution is 0.676. The van der Waals surface area contributed by atoms with E-state index in [0.29, 0.717) is 5.92 Å². The standard InChI is InChI=1S/C18H26N2/c1-6-7-19-11-15-10-16(12(2)3)20-17-9-13(4)8-14(5)18(15)17/h8-10,12,19H,6-7,11H2,1-5H3. The van der Waals surface area contributed by atoms with Crippen LogP contribution < -0.4 is 5.32 Å². The van der Waals surface area contributed by atoms with Gasteiger partial charge in [-0.25, -0.2) is 0 Å². The number of nitrogens with one attached hydrogen (secondary N) is 1. The molecule has 1 heterocycles. The smallest absolute Gasteiger partial charge is 0.0713 e. The molecular formula is C18H26N2. The molecule has 108 valence electrons.